The molecule has 2 aromatic heterocycles. The smallest absolute Gasteiger partial charge is 0.413 e. The number of hydrogen-bond donors (Lipinski definition) is 1. The van der Waals surface area contributed by atoms with E-state index in [-0.39, 0.29) is 0 Å². The molecule has 20 heavy (non-hydrogen) atoms. The molecule has 0 saturated heterocycles. The maximum absolute atomic E-state index is 11.7. The van der Waals surface area contributed by atoms with Crippen molar-refractivity contribution >= 4 is 22.9 Å². The SMILES string of the molecule is CCCn1ncc2ccc(NC(=O)OC(C)(C)C)nc21. The Kier molecular flexibility index (Phi) is 3.92. The highest BCUT2D eigenvalue weighted by Crippen LogP contribution is 2.16. The van der Waals surface area contributed by atoms with Gasteiger partial charge in [-0.25, -0.2) is 14.5 Å². The monoisotopic (exact) mass is 276 g/mol. The molecule has 0 atom stereocenters. The van der Waals surface area contributed by atoms with Gasteiger partial charge in [-0.2, -0.15) is 5.10 Å². The predicted molar refractivity (Wildman–Crippen MR) is 77.7 cm³/mol. The molecule has 2 aromatic rings. The number of rotatable bonds is 3. The maximum Gasteiger partial charge on any atom is 0.413 e. The van der Waals surface area contributed by atoms with Gasteiger partial charge in [-0.3, -0.25) is 5.32 Å². The molecule has 2 heterocycles. The summed E-state index contributed by atoms with van der Waals surface area (Å²) in [5.41, 5.74) is 0.235. The molecule has 0 fully saturated rings. The van der Waals surface area contributed by atoms with Crippen LogP contribution in [0, 0.1) is 0 Å². The van der Waals surface area contributed by atoms with Gasteiger partial charge in [0.15, 0.2) is 5.65 Å². The van der Waals surface area contributed by atoms with Crippen LogP contribution in [0.4, 0.5) is 10.6 Å². The van der Waals surface area contributed by atoms with Crippen molar-refractivity contribution in [3.8, 4) is 0 Å². The standard InChI is InChI=1S/C14H20N4O2/c1-5-8-18-12-10(9-15-18)6-7-11(16-12)17-13(19)20-14(2,3)4/h6-7,9H,5,8H2,1-4H3,(H,16,17,19). The number of aromatic nitrogens is 3. The summed E-state index contributed by atoms with van der Waals surface area (Å²) in [6.07, 6.45) is 2.24. The van der Waals surface area contributed by atoms with E-state index < -0.39 is 11.7 Å². The van der Waals surface area contributed by atoms with Crippen molar-refractivity contribution in [3.05, 3.63) is 18.3 Å². The van der Waals surface area contributed by atoms with E-state index in [1.54, 1.807) is 12.3 Å². The predicted octanol–water partition coefficient (Wildman–Crippen LogP) is 3.19. The molecule has 0 bridgehead atoms. The first-order chi connectivity index (χ1) is 9.39. The number of carbonyl (C=O) groups is 1. The van der Waals surface area contributed by atoms with Crippen molar-refractivity contribution in [2.75, 3.05) is 5.32 Å². The van der Waals surface area contributed by atoms with E-state index in [0.717, 1.165) is 24.0 Å². The second-order valence-corrected chi connectivity index (χ2v) is 5.60. The molecule has 1 amide bonds. The molecule has 0 aromatic carbocycles. The van der Waals surface area contributed by atoms with Gasteiger partial charge in [-0.15, -0.1) is 0 Å². The Morgan fingerprint density at radius 1 is 1.40 bits per heavy atom. The van der Waals surface area contributed by atoms with Gasteiger partial charge in [-0.1, -0.05) is 6.92 Å². The first-order valence-electron chi connectivity index (χ1n) is 6.71. The summed E-state index contributed by atoms with van der Waals surface area (Å²) in [5.74, 6) is 0.463. The van der Waals surface area contributed by atoms with Crippen LogP contribution < -0.4 is 5.32 Å². The van der Waals surface area contributed by atoms with Crippen LogP contribution in [-0.4, -0.2) is 26.5 Å². The largest absolute Gasteiger partial charge is 0.444 e. The van der Waals surface area contributed by atoms with E-state index >= 15 is 0 Å². The summed E-state index contributed by atoms with van der Waals surface area (Å²) in [5, 5.41) is 7.86. The Hall–Kier alpha value is -2.11. The van der Waals surface area contributed by atoms with E-state index in [9.17, 15) is 4.79 Å². The number of amides is 1. The average molecular weight is 276 g/mol. The number of ether oxygens (including phenoxy) is 1. The third kappa shape index (κ3) is 3.46. The highest BCUT2D eigenvalue weighted by Gasteiger charge is 2.16. The van der Waals surface area contributed by atoms with E-state index in [4.69, 9.17) is 4.74 Å². The summed E-state index contributed by atoms with van der Waals surface area (Å²) < 4.78 is 7.03. The van der Waals surface area contributed by atoms with E-state index in [1.165, 1.54) is 0 Å². The van der Waals surface area contributed by atoms with Crippen LogP contribution in [0.15, 0.2) is 18.3 Å². The van der Waals surface area contributed by atoms with Crippen LogP contribution in [-0.2, 0) is 11.3 Å². The zero-order chi connectivity index (χ0) is 14.8. The minimum absolute atomic E-state index is 0.463. The van der Waals surface area contributed by atoms with Gasteiger partial charge in [0, 0.05) is 11.9 Å². The summed E-state index contributed by atoms with van der Waals surface area (Å²) in [7, 11) is 0. The topological polar surface area (TPSA) is 69.0 Å². The average Bonchev–Trinajstić information content (AvgIpc) is 2.70. The minimum atomic E-state index is -0.530. The molecule has 0 aliphatic heterocycles. The van der Waals surface area contributed by atoms with Crippen molar-refractivity contribution in [1.82, 2.24) is 14.8 Å². The molecule has 108 valence electrons. The van der Waals surface area contributed by atoms with Gasteiger partial charge < -0.3 is 4.74 Å². The van der Waals surface area contributed by atoms with Crippen molar-refractivity contribution in [2.24, 2.45) is 0 Å². The molecule has 0 aliphatic carbocycles. The fourth-order valence-electron chi connectivity index (χ4n) is 1.81. The molecule has 1 N–H and O–H groups in total. The summed E-state index contributed by atoms with van der Waals surface area (Å²) >= 11 is 0. The Morgan fingerprint density at radius 3 is 2.80 bits per heavy atom. The normalized spacial score (nSPS) is 11.6. The number of fused-ring (bicyclic) bond motifs is 1. The molecule has 2 rings (SSSR count). The van der Waals surface area contributed by atoms with Crippen LogP contribution in [0.5, 0.6) is 0 Å². The van der Waals surface area contributed by atoms with E-state index in [2.05, 4.69) is 22.3 Å². The van der Waals surface area contributed by atoms with Crippen LogP contribution in [0.1, 0.15) is 34.1 Å². The van der Waals surface area contributed by atoms with E-state index in [0.29, 0.717) is 5.82 Å². The fraction of sp³-hybridized carbons (Fsp3) is 0.500. The van der Waals surface area contributed by atoms with Crippen LogP contribution in [0.3, 0.4) is 0 Å². The summed E-state index contributed by atoms with van der Waals surface area (Å²) in [6.45, 7) is 8.33. The number of pyridine rings is 1. The fourth-order valence-corrected chi connectivity index (χ4v) is 1.81. The maximum atomic E-state index is 11.7. The van der Waals surface area contributed by atoms with Crippen LogP contribution in [0.25, 0.3) is 11.0 Å². The quantitative estimate of drug-likeness (QED) is 0.934. The lowest BCUT2D eigenvalue weighted by molar-refractivity contribution is 0.0635. The Morgan fingerprint density at radius 2 is 2.15 bits per heavy atom. The lowest BCUT2D eigenvalue weighted by atomic mass is 10.2. The number of anilines is 1. The number of aryl methyl sites for hydroxylation is 1. The second-order valence-electron chi connectivity index (χ2n) is 5.60. The lowest BCUT2D eigenvalue weighted by Crippen LogP contribution is -2.27. The second kappa shape index (κ2) is 5.48. The molecule has 0 spiro atoms. The van der Waals surface area contributed by atoms with Crippen LogP contribution in [0.2, 0.25) is 0 Å². The number of nitrogens with one attached hydrogen (secondary N) is 1. The van der Waals surface area contributed by atoms with E-state index in [1.807, 2.05) is 31.5 Å². The van der Waals surface area contributed by atoms with Gasteiger partial charge in [0.25, 0.3) is 0 Å². The molecular weight excluding hydrogens is 256 g/mol. The third-order valence-electron chi connectivity index (χ3n) is 2.55. The van der Waals surface area contributed by atoms with Crippen LogP contribution >= 0.6 is 0 Å². The zero-order valence-corrected chi connectivity index (χ0v) is 12.3. The molecule has 0 radical (unpaired) electrons. The highest BCUT2D eigenvalue weighted by atomic mass is 16.6. The van der Waals surface area contributed by atoms with Gasteiger partial charge in [0.2, 0.25) is 0 Å². The number of nitrogens with zero attached hydrogens (tertiary/aromatic N) is 3. The molecule has 0 saturated carbocycles. The molecule has 0 unspecified atom stereocenters. The van der Waals surface area contributed by atoms with Crippen molar-refractivity contribution in [3.63, 3.8) is 0 Å². The van der Waals surface area contributed by atoms with Gasteiger partial charge in [0.1, 0.15) is 11.4 Å². The minimum Gasteiger partial charge on any atom is -0.444 e. The lowest BCUT2D eigenvalue weighted by Gasteiger charge is -2.19. The molecule has 6 nitrogen and oxygen atoms in total. The first-order valence-corrected chi connectivity index (χ1v) is 6.71. The Labute approximate surface area is 118 Å². The molecule has 6 heteroatoms. The third-order valence-corrected chi connectivity index (χ3v) is 2.55. The number of carbonyl (C=O) groups excluding carboxylic acids is 1. The summed E-state index contributed by atoms with van der Waals surface area (Å²) in [6, 6.07) is 3.62. The van der Waals surface area contributed by atoms with Crippen molar-refractivity contribution in [2.45, 2.75) is 46.3 Å². The Bertz CT molecular complexity index is 613. The molecular formula is C14H20N4O2. The van der Waals surface area contributed by atoms with Gasteiger partial charge in [-0.05, 0) is 39.3 Å². The highest BCUT2D eigenvalue weighted by molar-refractivity contribution is 5.86. The Balaban J connectivity index is 2.18. The first kappa shape index (κ1) is 14.3. The van der Waals surface area contributed by atoms with Crippen molar-refractivity contribution in [1.29, 1.82) is 0 Å². The van der Waals surface area contributed by atoms with Gasteiger partial charge >= 0.3 is 6.09 Å². The van der Waals surface area contributed by atoms with Gasteiger partial charge in [0.05, 0.1) is 6.20 Å². The van der Waals surface area contributed by atoms with Crippen molar-refractivity contribution < 1.29 is 9.53 Å². The zero-order valence-electron chi connectivity index (χ0n) is 12.3. The molecule has 0 aliphatic rings. The number of hydrogen-bond acceptors (Lipinski definition) is 4. The summed E-state index contributed by atoms with van der Waals surface area (Å²) in [4.78, 5) is 16.1.